The summed E-state index contributed by atoms with van der Waals surface area (Å²) in [5.74, 6) is 1.17. The Kier molecular flexibility index (Phi) is 3.52. The molecular formula is C15H18N4O. The summed E-state index contributed by atoms with van der Waals surface area (Å²) in [5, 5.41) is 0. The molecule has 1 aromatic heterocycles. The molecule has 104 valence electrons. The minimum Gasteiger partial charge on any atom is -0.384 e. The lowest BCUT2D eigenvalue weighted by molar-refractivity contribution is 0.0369. The second-order valence-electron chi connectivity index (χ2n) is 4.91. The lowest BCUT2D eigenvalue weighted by Gasteiger charge is -2.34. The van der Waals surface area contributed by atoms with E-state index in [2.05, 4.69) is 27.0 Å². The van der Waals surface area contributed by atoms with Gasteiger partial charge in [0.25, 0.3) is 0 Å². The van der Waals surface area contributed by atoms with Crippen LogP contribution in [-0.2, 0) is 4.74 Å². The number of ether oxygens (including phenoxy) is 1. The first kappa shape index (κ1) is 12.9. The van der Waals surface area contributed by atoms with Gasteiger partial charge in [-0.05, 0) is 19.1 Å². The van der Waals surface area contributed by atoms with Crippen LogP contribution in [-0.4, -0.2) is 29.7 Å². The van der Waals surface area contributed by atoms with Crippen molar-refractivity contribution in [3.8, 4) is 0 Å². The summed E-state index contributed by atoms with van der Waals surface area (Å²) >= 11 is 0. The fourth-order valence-corrected chi connectivity index (χ4v) is 2.48. The molecule has 5 heteroatoms. The summed E-state index contributed by atoms with van der Waals surface area (Å²) in [6.07, 6.45) is -0.0621. The number of para-hydroxylation sites is 1. The molecule has 1 aliphatic heterocycles. The van der Waals surface area contributed by atoms with Gasteiger partial charge in [0.05, 0.1) is 12.3 Å². The maximum absolute atomic E-state index is 5.84. The monoisotopic (exact) mass is 270 g/mol. The molecule has 1 unspecified atom stereocenters. The van der Waals surface area contributed by atoms with E-state index < -0.39 is 0 Å². The molecule has 0 spiro atoms. The molecule has 1 aliphatic rings. The maximum Gasteiger partial charge on any atom is 0.128 e. The van der Waals surface area contributed by atoms with Crippen molar-refractivity contribution >= 4 is 11.5 Å². The average Bonchev–Trinajstić information content (AvgIpc) is 2.47. The van der Waals surface area contributed by atoms with Gasteiger partial charge in [-0.1, -0.05) is 18.2 Å². The summed E-state index contributed by atoms with van der Waals surface area (Å²) < 4.78 is 5.84. The molecule has 2 heterocycles. The van der Waals surface area contributed by atoms with Crippen LogP contribution in [0.5, 0.6) is 0 Å². The van der Waals surface area contributed by atoms with Crippen molar-refractivity contribution in [3.05, 3.63) is 47.9 Å². The highest BCUT2D eigenvalue weighted by Crippen LogP contribution is 2.25. The molecule has 3 rings (SSSR count). The molecule has 1 aromatic carbocycles. The van der Waals surface area contributed by atoms with Crippen LogP contribution in [0.2, 0.25) is 0 Å². The van der Waals surface area contributed by atoms with Gasteiger partial charge in [0, 0.05) is 24.8 Å². The van der Waals surface area contributed by atoms with Gasteiger partial charge in [0.2, 0.25) is 0 Å². The Morgan fingerprint density at radius 1 is 1.25 bits per heavy atom. The van der Waals surface area contributed by atoms with E-state index in [-0.39, 0.29) is 6.10 Å². The molecule has 0 amide bonds. The van der Waals surface area contributed by atoms with Crippen molar-refractivity contribution in [1.82, 2.24) is 9.97 Å². The third-order valence-corrected chi connectivity index (χ3v) is 3.40. The second kappa shape index (κ2) is 5.46. The number of nitrogen functional groups attached to an aromatic ring is 1. The van der Waals surface area contributed by atoms with Gasteiger partial charge in [0.15, 0.2) is 0 Å². The topological polar surface area (TPSA) is 64.3 Å². The third-order valence-electron chi connectivity index (χ3n) is 3.40. The molecule has 0 aliphatic carbocycles. The Hall–Kier alpha value is -2.14. The summed E-state index contributed by atoms with van der Waals surface area (Å²) in [6.45, 7) is 4.19. The number of nitrogens with two attached hydrogens (primary N) is 1. The Labute approximate surface area is 118 Å². The van der Waals surface area contributed by atoms with Crippen molar-refractivity contribution in [2.24, 2.45) is 0 Å². The number of aromatic nitrogens is 2. The normalized spacial score (nSPS) is 19.1. The van der Waals surface area contributed by atoms with Gasteiger partial charge in [-0.2, -0.15) is 0 Å². The van der Waals surface area contributed by atoms with Crippen LogP contribution < -0.4 is 10.6 Å². The molecule has 1 atom stereocenters. The standard InChI is InChI=1S/C15H18N4O/c1-11-17-13(9-15(16)18-11)14-10-19(7-8-20-14)12-5-3-2-4-6-12/h2-6,9,14H,7-8,10H2,1H3,(H2,16,17,18). The van der Waals surface area contributed by atoms with Crippen LogP contribution in [0.1, 0.15) is 17.6 Å². The minimum absolute atomic E-state index is 0.0621. The first-order valence-electron chi connectivity index (χ1n) is 6.75. The van der Waals surface area contributed by atoms with Crippen molar-refractivity contribution in [3.63, 3.8) is 0 Å². The van der Waals surface area contributed by atoms with Crippen LogP contribution in [0.4, 0.5) is 11.5 Å². The van der Waals surface area contributed by atoms with E-state index >= 15 is 0 Å². The molecule has 2 N–H and O–H groups in total. The zero-order valence-electron chi connectivity index (χ0n) is 11.5. The number of benzene rings is 1. The number of nitrogens with zero attached hydrogens (tertiary/aromatic N) is 3. The van der Waals surface area contributed by atoms with E-state index in [1.165, 1.54) is 5.69 Å². The third kappa shape index (κ3) is 2.72. The zero-order chi connectivity index (χ0) is 13.9. The van der Waals surface area contributed by atoms with Gasteiger partial charge in [-0.15, -0.1) is 0 Å². The predicted octanol–water partition coefficient (Wildman–Crippen LogP) is 1.95. The highest BCUT2D eigenvalue weighted by Gasteiger charge is 2.23. The maximum atomic E-state index is 5.84. The Balaban J connectivity index is 1.81. The Morgan fingerprint density at radius 2 is 2.05 bits per heavy atom. The molecular weight excluding hydrogens is 252 g/mol. The number of hydrogen-bond donors (Lipinski definition) is 1. The SMILES string of the molecule is Cc1nc(N)cc(C2CN(c3ccccc3)CCO2)n1. The fraction of sp³-hybridized carbons (Fsp3) is 0.333. The number of morpholine rings is 1. The van der Waals surface area contributed by atoms with Gasteiger partial charge in [-0.3, -0.25) is 0 Å². The summed E-state index contributed by atoms with van der Waals surface area (Å²) in [4.78, 5) is 10.9. The number of anilines is 2. The van der Waals surface area contributed by atoms with Crippen molar-refractivity contribution in [1.29, 1.82) is 0 Å². The highest BCUT2D eigenvalue weighted by atomic mass is 16.5. The molecule has 5 nitrogen and oxygen atoms in total. The molecule has 0 bridgehead atoms. The van der Waals surface area contributed by atoms with E-state index in [0.717, 1.165) is 18.8 Å². The van der Waals surface area contributed by atoms with E-state index in [4.69, 9.17) is 10.5 Å². The average molecular weight is 270 g/mol. The molecule has 1 saturated heterocycles. The van der Waals surface area contributed by atoms with Crippen molar-refractivity contribution < 1.29 is 4.74 Å². The molecule has 1 fully saturated rings. The lowest BCUT2D eigenvalue weighted by Crippen LogP contribution is -2.38. The smallest absolute Gasteiger partial charge is 0.128 e. The number of hydrogen-bond acceptors (Lipinski definition) is 5. The van der Waals surface area contributed by atoms with Crippen LogP contribution in [0.15, 0.2) is 36.4 Å². The lowest BCUT2D eigenvalue weighted by atomic mass is 10.1. The van der Waals surface area contributed by atoms with E-state index in [1.54, 1.807) is 6.07 Å². The zero-order valence-corrected chi connectivity index (χ0v) is 11.5. The van der Waals surface area contributed by atoms with Gasteiger partial charge < -0.3 is 15.4 Å². The van der Waals surface area contributed by atoms with Crippen molar-refractivity contribution in [2.75, 3.05) is 30.3 Å². The van der Waals surface area contributed by atoms with E-state index in [9.17, 15) is 0 Å². The molecule has 20 heavy (non-hydrogen) atoms. The van der Waals surface area contributed by atoms with Gasteiger partial charge in [0.1, 0.15) is 17.7 Å². The summed E-state index contributed by atoms with van der Waals surface area (Å²) in [6, 6.07) is 12.1. The van der Waals surface area contributed by atoms with E-state index in [0.29, 0.717) is 18.2 Å². The highest BCUT2D eigenvalue weighted by molar-refractivity contribution is 5.46. The van der Waals surface area contributed by atoms with Crippen molar-refractivity contribution in [2.45, 2.75) is 13.0 Å². The largest absolute Gasteiger partial charge is 0.384 e. The number of aryl methyl sites for hydroxylation is 1. The van der Waals surface area contributed by atoms with Crippen LogP contribution in [0.3, 0.4) is 0 Å². The van der Waals surface area contributed by atoms with Crippen LogP contribution in [0.25, 0.3) is 0 Å². The summed E-state index contributed by atoms with van der Waals surface area (Å²) in [7, 11) is 0. The minimum atomic E-state index is -0.0621. The predicted molar refractivity (Wildman–Crippen MR) is 78.5 cm³/mol. The van der Waals surface area contributed by atoms with Crippen LogP contribution >= 0.6 is 0 Å². The first-order valence-corrected chi connectivity index (χ1v) is 6.75. The Bertz CT molecular complexity index is 567. The first-order chi connectivity index (χ1) is 9.72. The fourth-order valence-electron chi connectivity index (χ4n) is 2.48. The molecule has 0 radical (unpaired) electrons. The number of rotatable bonds is 2. The van der Waals surface area contributed by atoms with Gasteiger partial charge in [-0.25, -0.2) is 9.97 Å². The molecule has 0 saturated carbocycles. The van der Waals surface area contributed by atoms with E-state index in [1.807, 2.05) is 25.1 Å². The van der Waals surface area contributed by atoms with Crippen LogP contribution in [0, 0.1) is 6.92 Å². The summed E-state index contributed by atoms with van der Waals surface area (Å²) in [5.41, 5.74) is 7.86. The second-order valence-corrected chi connectivity index (χ2v) is 4.91. The Morgan fingerprint density at radius 3 is 2.80 bits per heavy atom. The van der Waals surface area contributed by atoms with Gasteiger partial charge >= 0.3 is 0 Å². The quantitative estimate of drug-likeness (QED) is 0.903. The molecule has 2 aromatic rings.